The second kappa shape index (κ2) is 18.3. The lowest BCUT2D eigenvalue weighted by molar-refractivity contribution is 0.103. The zero-order valence-electron chi connectivity index (χ0n) is 37.6. The Morgan fingerprint density at radius 3 is 1.33 bits per heavy atom. The molecule has 0 heterocycles. The first-order valence-electron chi connectivity index (χ1n) is 21.6. The second-order valence-corrected chi connectivity index (χ2v) is 19.1. The smallest absolute Gasteiger partial charge is 0.193 e. The summed E-state index contributed by atoms with van der Waals surface area (Å²) in [6, 6.07) is 46.8. The average Bonchev–Trinajstić information content (AvgIpc) is 3.22. The minimum Gasteiger partial charge on any atom is -0.493 e. The number of hydrogen-bond donors (Lipinski definition) is 0. The Morgan fingerprint density at radius 2 is 0.900 bits per heavy atom. The lowest BCUT2D eigenvalue weighted by Gasteiger charge is -2.26. The summed E-state index contributed by atoms with van der Waals surface area (Å²) in [7, 11) is 0. The summed E-state index contributed by atoms with van der Waals surface area (Å²) in [4.78, 5) is 29.9. The largest absolute Gasteiger partial charge is 0.493 e. The Bertz CT molecular complexity index is 2370. The summed E-state index contributed by atoms with van der Waals surface area (Å²) in [5.74, 6) is 1.99. The van der Waals surface area contributed by atoms with Crippen LogP contribution >= 0.6 is 0 Å². The fourth-order valence-corrected chi connectivity index (χ4v) is 7.69. The lowest BCUT2D eigenvalue weighted by Crippen LogP contribution is -2.19. The molecule has 0 fully saturated rings. The highest BCUT2D eigenvalue weighted by Crippen LogP contribution is 2.37. The van der Waals surface area contributed by atoms with Gasteiger partial charge in [0.05, 0.1) is 6.61 Å². The number of ether oxygens (including phenoxy) is 1. The molecule has 4 nitrogen and oxygen atoms in total. The Labute approximate surface area is 359 Å². The summed E-state index contributed by atoms with van der Waals surface area (Å²) in [5.41, 5.74) is 11.5. The van der Waals surface area contributed by atoms with E-state index >= 15 is 0 Å². The fourth-order valence-electron chi connectivity index (χ4n) is 7.69. The van der Waals surface area contributed by atoms with E-state index in [1.54, 1.807) is 0 Å². The molecule has 1 unspecified atom stereocenters. The Kier molecular flexibility index (Phi) is 13.3. The van der Waals surface area contributed by atoms with Gasteiger partial charge in [0.1, 0.15) is 5.75 Å². The van der Waals surface area contributed by atoms with Gasteiger partial charge < -0.3 is 9.64 Å². The molecule has 0 aliphatic heterocycles. The molecule has 0 aromatic heterocycles. The molecule has 0 amide bonds. The first kappa shape index (κ1) is 43.8. The number of anilines is 3. The molecule has 0 N–H and O–H groups in total. The molecule has 0 aliphatic rings. The van der Waals surface area contributed by atoms with Gasteiger partial charge in [-0.15, -0.1) is 0 Å². The van der Waals surface area contributed by atoms with Gasteiger partial charge in [-0.1, -0.05) is 137 Å². The number of carbonyl (C=O) groups excluding carboxylic acids is 2. The third-order valence-electron chi connectivity index (χ3n) is 11.4. The van der Waals surface area contributed by atoms with Crippen molar-refractivity contribution in [2.45, 2.75) is 105 Å². The van der Waals surface area contributed by atoms with Gasteiger partial charge in [0.2, 0.25) is 0 Å². The monoisotopic (exact) mass is 797 g/mol. The van der Waals surface area contributed by atoms with E-state index in [9.17, 15) is 9.59 Å². The molecule has 0 radical (unpaired) electrons. The molecule has 4 heteroatoms. The van der Waals surface area contributed by atoms with Crippen molar-refractivity contribution >= 4 is 28.6 Å². The highest BCUT2D eigenvalue weighted by Gasteiger charge is 2.23. The standard InChI is InChI=1S/C56H63NO3/c1-37(2)40-14-25-48(26-15-40)57(49-27-16-43(17-28-49)53(58)42-12-23-47(24-13-42)55(6,7)8)50-29-18-44(19-30-50)54(59)45-22-33-52(56(9,10)11)46(35-45)34-39(5)36-60-51-31-20-41(21-32-51)38(3)4/h12-33,35,37-39H,34,36H2,1-11H3. The van der Waals surface area contributed by atoms with E-state index in [-0.39, 0.29) is 28.3 Å². The molecule has 0 spiro atoms. The maximum Gasteiger partial charge on any atom is 0.193 e. The summed E-state index contributed by atoms with van der Waals surface area (Å²) in [5, 5.41) is 0. The zero-order chi connectivity index (χ0) is 43.4. The molecule has 6 aromatic rings. The van der Waals surface area contributed by atoms with Crippen molar-refractivity contribution in [1.82, 2.24) is 0 Å². The average molecular weight is 798 g/mol. The number of rotatable bonds is 14. The number of ketones is 2. The van der Waals surface area contributed by atoms with Crippen molar-refractivity contribution < 1.29 is 14.3 Å². The molecule has 310 valence electrons. The maximum absolute atomic E-state index is 14.2. The molecular formula is C56H63NO3. The van der Waals surface area contributed by atoms with Crippen molar-refractivity contribution in [2.24, 2.45) is 5.92 Å². The summed E-state index contributed by atoms with van der Waals surface area (Å²) < 4.78 is 6.22. The molecule has 0 saturated heterocycles. The van der Waals surface area contributed by atoms with E-state index in [0.717, 1.165) is 29.2 Å². The van der Waals surface area contributed by atoms with Crippen molar-refractivity contribution in [3.8, 4) is 5.75 Å². The lowest BCUT2D eigenvalue weighted by atomic mass is 9.80. The second-order valence-electron chi connectivity index (χ2n) is 19.1. The predicted octanol–water partition coefficient (Wildman–Crippen LogP) is 14.7. The minimum absolute atomic E-state index is 0.00782. The molecule has 0 bridgehead atoms. The van der Waals surface area contributed by atoms with Crippen molar-refractivity contribution in [2.75, 3.05) is 11.5 Å². The van der Waals surface area contributed by atoms with Crippen LogP contribution < -0.4 is 9.64 Å². The van der Waals surface area contributed by atoms with E-state index < -0.39 is 0 Å². The van der Waals surface area contributed by atoms with Crippen LogP contribution in [0.25, 0.3) is 0 Å². The van der Waals surface area contributed by atoms with Crippen LogP contribution in [0.1, 0.15) is 148 Å². The van der Waals surface area contributed by atoms with Gasteiger partial charge in [0.15, 0.2) is 11.6 Å². The number of carbonyl (C=O) groups is 2. The van der Waals surface area contributed by atoms with Gasteiger partial charge >= 0.3 is 0 Å². The summed E-state index contributed by atoms with van der Waals surface area (Å²) in [6.45, 7) is 24.8. The Morgan fingerprint density at radius 1 is 0.500 bits per heavy atom. The summed E-state index contributed by atoms with van der Waals surface area (Å²) >= 11 is 0. The van der Waals surface area contributed by atoms with Gasteiger partial charge in [-0.3, -0.25) is 9.59 Å². The first-order valence-corrected chi connectivity index (χ1v) is 21.6. The number of benzene rings is 6. The maximum atomic E-state index is 14.2. The highest BCUT2D eigenvalue weighted by molar-refractivity contribution is 6.10. The van der Waals surface area contributed by atoms with Crippen LogP contribution in [0.5, 0.6) is 5.75 Å². The minimum atomic E-state index is -0.0775. The topological polar surface area (TPSA) is 46.6 Å². The van der Waals surface area contributed by atoms with Gasteiger partial charge in [-0.25, -0.2) is 0 Å². The molecular weight excluding hydrogens is 735 g/mol. The zero-order valence-corrected chi connectivity index (χ0v) is 37.6. The van der Waals surface area contributed by atoms with E-state index in [1.165, 1.54) is 27.8 Å². The highest BCUT2D eigenvalue weighted by atomic mass is 16.5. The number of nitrogens with zero attached hydrogens (tertiary/aromatic N) is 1. The van der Waals surface area contributed by atoms with Crippen LogP contribution in [-0.4, -0.2) is 18.2 Å². The van der Waals surface area contributed by atoms with Crippen LogP contribution in [-0.2, 0) is 17.3 Å². The molecule has 1 atom stereocenters. The molecule has 6 aromatic carbocycles. The van der Waals surface area contributed by atoms with Crippen molar-refractivity contribution in [3.63, 3.8) is 0 Å². The third-order valence-corrected chi connectivity index (χ3v) is 11.4. The van der Waals surface area contributed by atoms with Gasteiger partial charge in [-0.05, 0) is 142 Å². The fraction of sp³-hybridized carbons (Fsp3) is 0.321. The van der Waals surface area contributed by atoms with Crippen molar-refractivity contribution in [3.05, 3.63) is 190 Å². The van der Waals surface area contributed by atoms with Crippen LogP contribution in [0.3, 0.4) is 0 Å². The van der Waals surface area contributed by atoms with Crippen LogP contribution in [0.4, 0.5) is 17.1 Å². The third kappa shape index (κ3) is 10.5. The van der Waals surface area contributed by atoms with Crippen LogP contribution in [0.15, 0.2) is 140 Å². The normalized spacial score (nSPS) is 12.4. The first-order chi connectivity index (χ1) is 28.4. The van der Waals surface area contributed by atoms with Gasteiger partial charge in [0.25, 0.3) is 0 Å². The van der Waals surface area contributed by atoms with Crippen LogP contribution in [0, 0.1) is 5.92 Å². The van der Waals surface area contributed by atoms with E-state index in [1.807, 2.05) is 78.9 Å². The molecule has 0 saturated carbocycles. The van der Waals surface area contributed by atoms with Gasteiger partial charge in [-0.2, -0.15) is 0 Å². The van der Waals surface area contributed by atoms with Crippen molar-refractivity contribution in [1.29, 1.82) is 0 Å². The molecule has 0 aliphatic carbocycles. The molecule has 60 heavy (non-hydrogen) atoms. The predicted molar refractivity (Wildman–Crippen MR) is 251 cm³/mol. The number of hydrogen-bond acceptors (Lipinski definition) is 4. The SMILES string of the molecule is CC(COc1ccc(C(C)C)cc1)Cc1cc(C(=O)c2ccc(N(c3ccc(C(=O)c4ccc(C(C)(C)C)cc4)cc3)c3ccc(C(C)C)cc3)cc2)ccc1C(C)(C)C. The quantitative estimate of drug-likeness (QED) is 0.103. The van der Waals surface area contributed by atoms with E-state index in [0.29, 0.717) is 40.7 Å². The molecule has 6 rings (SSSR count). The van der Waals surface area contributed by atoms with Gasteiger partial charge in [0, 0.05) is 39.3 Å². The van der Waals surface area contributed by atoms with E-state index in [2.05, 4.69) is 142 Å². The van der Waals surface area contributed by atoms with E-state index in [4.69, 9.17) is 4.74 Å². The van der Waals surface area contributed by atoms with Crippen LogP contribution in [0.2, 0.25) is 0 Å². The Balaban J connectivity index is 1.24. The Hall–Kier alpha value is -5.74. The summed E-state index contributed by atoms with van der Waals surface area (Å²) in [6.07, 6.45) is 0.801.